The van der Waals surface area contributed by atoms with Crippen molar-refractivity contribution in [3.63, 3.8) is 0 Å². The molecule has 126 valence electrons. The van der Waals surface area contributed by atoms with Crippen molar-refractivity contribution in [2.45, 2.75) is 38.6 Å². The molecule has 3 rings (SSSR count). The van der Waals surface area contributed by atoms with Gasteiger partial charge in [-0.2, -0.15) is 13.2 Å². The van der Waals surface area contributed by atoms with Crippen molar-refractivity contribution in [1.82, 2.24) is 0 Å². The summed E-state index contributed by atoms with van der Waals surface area (Å²) >= 11 is 0. The highest BCUT2D eigenvalue weighted by atomic mass is 19.4. The number of ether oxygens (including phenoxy) is 1. The van der Waals surface area contributed by atoms with Gasteiger partial charge in [-0.1, -0.05) is 13.8 Å². The Morgan fingerprint density at radius 1 is 1.39 bits per heavy atom. The van der Waals surface area contributed by atoms with Gasteiger partial charge in [-0.05, 0) is 18.6 Å². The van der Waals surface area contributed by atoms with Gasteiger partial charge in [0.1, 0.15) is 5.56 Å². The molecular formula is C15H17F3N2O3. The van der Waals surface area contributed by atoms with Crippen molar-refractivity contribution in [2.75, 3.05) is 11.9 Å². The average Bonchev–Trinajstić information content (AvgIpc) is 2.90. The van der Waals surface area contributed by atoms with Crippen molar-refractivity contribution < 1.29 is 22.8 Å². The van der Waals surface area contributed by atoms with E-state index in [9.17, 15) is 23.3 Å². The Labute approximate surface area is 131 Å². The van der Waals surface area contributed by atoms with Gasteiger partial charge in [0.05, 0.1) is 11.0 Å². The Morgan fingerprint density at radius 2 is 2.09 bits per heavy atom. The number of fused-ring (bicyclic) bond motifs is 1. The molecule has 23 heavy (non-hydrogen) atoms. The maximum atomic E-state index is 13.0. The van der Waals surface area contributed by atoms with Gasteiger partial charge >= 0.3 is 6.18 Å². The Hall–Kier alpha value is -1.83. The van der Waals surface area contributed by atoms with Crippen LogP contribution < -0.4 is 5.32 Å². The van der Waals surface area contributed by atoms with Crippen LogP contribution in [0.1, 0.15) is 25.8 Å². The second-order valence-electron chi connectivity index (χ2n) is 6.67. The molecule has 0 spiro atoms. The molecule has 0 aromatic heterocycles. The maximum absolute atomic E-state index is 13.0. The Bertz CT molecular complexity index is 645. The fraction of sp³-hybridized carbons (Fsp3) is 0.600. The topological polar surface area (TPSA) is 64.4 Å². The van der Waals surface area contributed by atoms with Crippen LogP contribution in [-0.4, -0.2) is 23.7 Å². The van der Waals surface area contributed by atoms with E-state index in [1.807, 2.05) is 13.8 Å². The molecule has 1 aromatic carbocycles. The van der Waals surface area contributed by atoms with Crippen molar-refractivity contribution in [1.29, 1.82) is 0 Å². The van der Waals surface area contributed by atoms with Crippen LogP contribution >= 0.6 is 0 Å². The van der Waals surface area contributed by atoms with E-state index in [0.717, 1.165) is 18.6 Å². The van der Waals surface area contributed by atoms with Gasteiger partial charge in [-0.25, -0.2) is 0 Å². The molecular weight excluding hydrogens is 313 g/mol. The van der Waals surface area contributed by atoms with E-state index >= 15 is 0 Å². The van der Waals surface area contributed by atoms with Gasteiger partial charge < -0.3 is 10.1 Å². The summed E-state index contributed by atoms with van der Waals surface area (Å²) in [5, 5.41) is 13.9. The molecule has 0 unspecified atom stereocenters. The summed E-state index contributed by atoms with van der Waals surface area (Å²) < 4.78 is 44.8. The molecule has 1 N–H and O–H groups in total. The Balaban J connectivity index is 1.88. The fourth-order valence-corrected chi connectivity index (χ4v) is 3.81. The second-order valence-corrected chi connectivity index (χ2v) is 6.67. The minimum absolute atomic E-state index is 0.0162. The summed E-state index contributed by atoms with van der Waals surface area (Å²) in [5.41, 5.74) is -2.12. The molecule has 0 amide bonds. The summed E-state index contributed by atoms with van der Waals surface area (Å²) in [6.07, 6.45) is -3.79. The van der Waals surface area contributed by atoms with Gasteiger partial charge in [-0.3, -0.25) is 10.1 Å². The van der Waals surface area contributed by atoms with E-state index in [0.29, 0.717) is 6.61 Å². The number of rotatable bonds is 3. The third-order valence-electron chi connectivity index (χ3n) is 4.92. The monoisotopic (exact) mass is 330 g/mol. The largest absolute Gasteiger partial charge is 0.423 e. The summed E-state index contributed by atoms with van der Waals surface area (Å²) in [5.74, 6) is 0.259. The molecule has 1 aromatic rings. The highest BCUT2D eigenvalue weighted by Crippen LogP contribution is 2.53. The molecule has 1 saturated heterocycles. The Kier molecular flexibility index (Phi) is 3.55. The van der Waals surface area contributed by atoms with Crippen molar-refractivity contribution in [2.24, 2.45) is 11.3 Å². The van der Waals surface area contributed by atoms with E-state index in [-0.39, 0.29) is 29.2 Å². The molecule has 3 atom stereocenters. The first kappa shape index (κ1) is 16.0. The lowest BCUT2D eigenvalue weighted by Gasteiger charge is -2.55. The lowest BCUT2D eigenvalue weighted by Crippen LogP contribution is -2.63. The van der Waals surface area contributed by atoms with Crippen molar-refractivity contribution in [3.8, 4) is 0 Å². The van der Waals surface area contributed by atoms with E-state index in [1.54, 1.807) is 0 Å². The first-order valence-electron chi connectivity index (χ1n) is 7.36. The summed E-state index contributed by atoms with van der Waals surface area (Å²) in [7, 11) is 0. The van der Waals surface area contributed by atoms with Crippen LogP contribution in [0.4, 0.5) is 24.5 Å². The molecule has 2 fully saturated rings. The standard InChI is InChI=1S/C15H17F3N2O3/c1-14(2)12(9-5-6-23-13(9)14)19-8-3-4-11(20(21)22)10(7-8)15(16,17)18/h3-4,7,9,12-13,19H,5-6H2,1-2H3/t9-,12+,13-/m0/s1. The molecule has 2 aliphatic rings. The molecule has 0 radical (unpaired) electrons. The minimum Gasteiger partial charge on any atom is -0.381 e. The van der Waals surface area contributed by atoms with Crippen LogP contribution in [0, 0.1) is 21.4 Å². The quantitative estimate of drug-likeness (QED) is 0.675. The van der Waals surface area contributed by atoms with Crippen LogP contribution in [0.15, 0.2) is 18.2 Å². The second kappa shape index (κ2) is 5.09. The molecule has 1 saturated carbocycles. The van der Waals surface area contributed by atoms with Gasteiger partial charge in [0, 0.05) is 35.7 Å². The third-order valence-corrected chi connectivity index (χ3v) is 4.92. The zero-order valence-corrected chi connectivity index (χ0v) is 12.7. The van der Waals surface area contributed by atoms with Crippen molar-refractivity contribution in [3.05, 3.63) is 33.9 Å². The Morgan fingerprint density at radius 3 is 2.70 bits per heavy atom. The molecule has 1 aliphatic carbocycles. The molecule has 1 heterocycles. The smallest absolute Gasteiger partial charge is 0.381 e. The van der Waals surface area contributed by atoms with Crippen LogP contribution in [0.2, 0.25) is 0 Å². The molecule has 1 aliphatic heterocycles. The van der Waals surface area contributed by atoms with Crippen LogP contribution in [0.3, 0.4) is 0 Å². The number of benzene rings is 1. The summed E-state index contributed by atoms with van der Waals surface area (Å²) in [6, 6.07) is 3.03. The summed E-state index contributed by atoms with van der Waals surface area (Å²) in [4.78, 5) is 9.78. The summed E-state index contributed by atoms with van der Waals surface area (Å²) in [6.45, 7) is 4.67. The van der Waals surface area contributed by atoms with E-state index < -0.39 is 22.4 Å². The SMILES string of the molecule is CC1(C)[C@H](Nc2ccc([N+](=O)[O-])c(C(F)(F)F)c2)[C@@H]2CCO[C@@H]21. The zero-order valence-electron chi connectivity index (χ0n) is 12.7. The number of alkyl halides is 3. The number of hydrogen-bond donors (Lipinski definition) is 1. The maximum Gasteiger partial charge on any atom is 0.423 e. The highest BCUT2D eigenvalue weighted by Gasteiger charge is 2.59. The molecule has 0 bridgehead atoms. The third kappa shape index (κ3) is 2.54. The molecule has 8 heteroatoms. The highest BCUT2D eigenvalue weighted by molar-refractivity contribution is 5.56. The lowest BCUT2D eigenvalue weighted by atomic mass is 9.57. The zero-order chi connectivity index (χ0) is 17.0. The normalized spacial score (nSPS) is 28.8. The van der Waals surface area contributed by atoms with Gasteiger partial charge in [0.2, 0.25) is 0 Å². The number of halogens is 3. The number of nitrogens with zero attached hydrogens (tertiary/aromatic N) is 1. The number of nitro benzene ring substituents is 1. The van der Waals surface area contributed by atoms with Crippen LogP contribution in [0.5, 0.6) is 0 Å². The van der Waals surface area contributed by atoms with E-state index in [1.165, 1.54) is 6.07 Å². The number of anilines is 1. The van der Waals surface area contributed by atoms with Gasteiger partial charge in [0.25, 0.3) is 5.69 Å². The number of hydrogen-bond acceptors (Lipinski definition) is 4. The van der Waals surface area contributed by atoms with Crippen molar-refractivity contribution >= 4 is 11.4 Å². The van der Waals surface area contributed by atoms with Crippen LogP contribution in [-0.2, 0) is 10.9 Å². The number of nitro groups is 1. The molecule has 5 nitrogen and oxygen atoms in total. The van der Waals surface area contributed by atoms with E-state index in [2.05, 4.69) is 5.32 Å². The van der Waals surface area contributed by atoms with Gasteiger partial charge in [-0.15, -0.1) is 0 Å². The number of nitrogens with one attached hydrogen (secondary N) is 1. The predicted molar refractivity (Wildman–Crippen MR) is 77.1 cm³/mol. The predicted octanol–water partition coefficient (Wildman–Crippen LogP) is 3.84. The minimum atomic E-state index is -4.77. The van der Waals surface area contributed by atoms with E-state index in [4.69, 9.17) is 4.74 Å². The fourth-order valence-electron chi connectivity index (χ4n) is 3.81. The van der Waals surface area contributed by atoms with Crippen LogP contribution in [0.25, 0.3) is 0 Å². The first-order chi connectivity index (χ1) is 10.6. The van der Waals surface area contributed by atoms with Gasteiger partial charge in [0.15, 0.2) is 0 Å². The first-order valence-corrected chi connectivity index (χ1v) is 7.36. The lowest BCUT2D eigenvalue weighted by molar-refractivity contribution is -0.388. The average molecular weight is 330 g/mol.